The molecular formula is C18H24N2O2. The van der Waals surface area contributed by atoms with Crippen LogP contribution in [0.5, 0.6) is 0 Å². The van der Waals surface area contributed by atoms with Gasteiger partial charge in [-0.15, -0.1) is 0 Å². The van der Waals surface area contributed by atoms with Crippen LogP contribution in [0.1, 0.15) is 55.0 Å². The van der Waals surface area contributed by atoms with Crippen LogP contribution in [0, 0.1) is 6.92 Å². The largest absolute Gasteiger partial charge is 0.461 e. The predicted octanol–water partition coefficient (Wildman–Crippen LogP) is 3.71. The Bertz CT molecular complexity index is 666. The van der Waals surface area contributed by atoms with E-state index in [2.05, 4.69) is 44.9 Å². The molecule has 0 spiro atoms. The van der Waals surface area contributed by atoms with Gasteiger partial charge in [0.05, 0.1) is 18.8 Å². The zero-order valence-corrected chi connectivity index (χ0v) is 14.0. The van der Waals surface area contributed by atoms with Gasteiger partial charge in [-0.1, -0.05) is 45.0 Å². The lowest BCUT2D eigenvalue weighted by Crippen LogP contribution is -2.15. The summed E-state index contributed by atoms with van der Waals surface area (Å²) in [6, 6.07) is 9.97. The molecule has 22 heavy (non-hydrogen) atoms. The molecule has 2 aromatic rings. The Labute approximate surface area is 132 Å². The lowest BCUT2D eigenvalue weighted by Gasteiger charge is -2.14. The Kier molecular flexibility index (Phi) is 4.69. The van der Waals surface area contributed by atoms with Gasteiger partial charge in [0.2, 0.25) is 0 Å². The summed E-state index contributed by atoms with van der Waals surface area (Å²) in [6.07, 6.45) is 0. The van der Waals surface area contributed by atoms with Crippen LogP contribution in [0.2, 0.25) is 0 Å². The molecule has 0 unspecified atom stereocenters. The van der Waals surface area contributed by atoms with E-state index in [1.807, 2.05) is 25.1 Å². The number of aromatic nitrogens is 2. The number of rotatable bonds is 4. The number of nitrogens with zero attached hydrogens (tertiary/aromatic N) is 2. The molecule has 0 atom stereocenters. The second-order valence-electron chi connectivity index (χ2n) is 6.47. The summed E-state index contributed by atoms with van der Waals surface area (Å²) in [5.74, 6) is -0.320. The highest BCUT2D eigenvalue weighted by Gasteiger charge is 2.23. The fourth-order valence-corrected chi connectivity index (χ4v) is 2.22. The van der Waals surface area contributed by atoms with Crippen LogP contribution in [0.4, 0.5) is 0 Å². The molecule has 0 N–H and O–H groups in total. The van der Waals surface area contributed by atoms with E-state index in [0.29, 0.717) is 18.8 Å². The van der Waals surface area contributed by atoms with Crippen molar-refractivity contribution in [2.45, 2.75) is 46.6 Å². The number of aryl methyl sites for hydroxylation is 1. The summed E-state index contributed by atoms with van der Waals surface area (Å²) in [6.45, 7) is 11.1. The van der Waals surface area contributed by atoms with Crippen molar-refractivity contribution in [3.63, 3.8) is 0 Å². The first-order chi connectivity index (χ1) is 10.3. The minimum Gasteiger partial charge on any atom is -0.461 e. The average Bonchev–Trinajstić information content (AvgIpc) is 2.86. The SMILES string of the molecule is CCOC(=O)c1cc(C(C)(C)C)nn1Cc1ccccc1C. The Hall–Kier alpha value is -2.10. The average molecular weight is 300 g/mol. The molecule has 0 aliphatic carbocycles. The first-order valence-electron chi connectivity index (χ1n) is 7.63. The van der Waals surface area contributed by atoms with E-state index in [4.69, 9.17) is 4.74 Å². The molecule has 2 rings (SSSR count). The van der Waals surface area contributed by atoms with Crippen molar-refractivity contribution in [2.24, 2.45) is 0 Å². The third-order valence-electron chi connectivity index (χ3n) is 3.61. The van der Waals surface area contributed by atoms with Gasteiger partial charge in [0, 0.05) is 5.41 Å². The molecule has 0 radical (unpaired) electrons. The number of ether oxygens (including phenoxy) is 1. The van der Waals surface area contributed by atoms with Crippen LogP contribution < -0.4 is 0 Å². The second kappa shape index (κ2) is 6.34. The Morgan fingerprint density at radius 2 is 1.95 bits per heavy atom. The summed E-state index contributed by atoms with van der Waals surface area (Å²) in [7, 11) is 0. The van der Waals surface area contributed by atoms with Crippen molar-refractivity contribution in [3.8, 4) is 0 Å². The Morgan fingerprint density at radius 1 is 1.27 bits per heavy atom. The maximum atomic E-state index is 12.2. The molecule has 0 aliphatic heterocycles. The summed E-state index contributed by atoms with van der Waals surface area (Å²) in [5, 5.41) is 4.64. The molecule has 4 nitrogen and oxygen atoms in total. The van der Waals surface area contributed by atoms with E-state index >= 15 is 0 Å². The minimum atomic E-state index is -0.320. The monoisotopic (exact) mass is 300 g/mol. The van der Waals surface area contributed by atoms with Gasteiger partial charge in [-0.3, -0.25) is 4.68 Å². The number of hydrogen-bond donors (Lipinski definition) is 0. The van der Waals surface area contributed by atoms with Crippen molar-refractivity contribution in [1.82, 2.24) is 9.78 Å². The molecule has 118 valence electrons. The van der Waals surface area contributed by atoms with Gasteiger partial charge in [0.1, 0.15) is 5.69 Å². The fraction of sp³-hybridized carbons (Fsp3) is 0.444. The number of hydrogen-bond acceptors (Lipinski definition) is 3. The standard InChI is InChI=1S/C18H24N2O2/c1-6-22-17(21)15-11-16(18(3,4)5)19-20(15)12-14-10-8-7-9-13(14)2/h7-11H,6,12H2,1-5H3. The molecule has 0 fully saturated rings. The topological polar surface area (TPSA) is 44.1 Å². The molecule has 0 amide bonds. The van der Waals surface area contributed by atoms with Gasteiger partial charge in [-0.25, -0.2) is 4.79 Å². The predicted molar refractivity (Wildman–Crippen MR) is 87.2 cm³/mol. The fourth-order valence-electron chi connectivity index (χ4n) is 2.22. The van der Waals surface area contributed by atoms with Gasteiger partial charge in [-0.2, -0.15) is 5.10 Å². The van der Waals surface area contributed by atoms with E-state index in [1.165, 1.54) is 5.56 Å². The highest BCUT2D eigenvalue weighted by Crippen LogP contribution is 2.23. The van der Waals surface area contributed by atoms with Gasteiger partial charge < -0.3 is 4.74 Å². The molecule has 1 heterocycles. The molecule has 1 aromatic carbocycles. The minimum absolute atomic E-state index is 0.113. The third-order valence-corrected chi connectivity index (χ3v) is 3.61. The summed E-state index contributed by atoms with van der Waals surface area (Å²) >= 11 is 0. The number of carbonyl (C=O) groups excluding carboxylic acids is 1. The number of carbonyl (C=O) groups is 1. The molecule has 4 heteroatoms. The van der Waals surface area contributed by atoms with Crippen LogP contribution in [0.15, 0.2) is 30.3 Å². The van der Waals surface area contributed by atoms with Crippen LogP contribution >= 0.6 is 0 Å². The first kappa shape index (κ1) is 16.3. The van der Waals surface area contributed by atoms with Crippen molar-refractivity contribution < 1.29 is 9.53 Å². The normalized spacial score (nSPS) is 11.5. The van der Waals surface area contributed by atoms with Gasteiger partial charge in [0.25, 0.3) is 0 Å². The lowest BCUT2D eigenvalue weighted by atomic mass is 9.92. The first-order valence-corrected chi connectivity index (χ1v) is 7.63. The van der Waals surface area contributed by atoms with E-state index in [9.17, 15) is 4.79 Å². The van der Waals surface area contributed by atoms with E-state index in [0.717, 1.165) is 11.3 Å². The maximum Gasteiger partial charge on any atom is 0.356 e. The zero-order chi connectivity index (χ0) is 16.3. The van der Waals surface area contributed by atoms with Gasteiger partial charge >= 0.3 is 5.97 Å². The summed E-state index contributed by atoms with van der Waals surface area (Å²) in [4.78, 5) is 12.2. The van der Waals surface area contributed by atoms with E-state index in [-0.39, 0.29) is 11.4 Å². The van der Waals surface area contributed by atoms with Crippen LogP contribution in [-0.2, 0) is 16.7 Å². The highest BCUT2D eigenvalue weighted by molar-refractivity contribution is 5.87. The molecule has 0 aliphatic rings. The zero-order valence-electron chi connectivity index (χ0n) is 14.0. The van der Waals surface area contributed by atoms with Crippen LogP contribution in [0.3, 0.4) is 0 Å². The smallest absolute Gasteiger partial charge is 0.356 e. The molecule has 0 saturated heterocycles. The Morgan fingerprint density at radius 3 is 2.55 bits per heavy atom. The van der Waals surface area contributed by atoms with E-state index < -0.39 is 0 Å². The summed E-state index contributed by atoms with van der Waals surface area (Å²) < 4.78 is 6.91. The van der Waals surface area contributed by atoms with Crippen molar-refractivity contribution in [3.05, 3.63) is 52.8 Å². The molecule has 0 bridgehead atoms. The lowest BCUT2D eigenvalue weighted by molar-refractivity contribution is 0.0512. The van der Waals surface area contributed by atoms with Crippen LogP contribution in [-0.4, -0.2) is 22.4 Å². The van der Waals surface area contributed by atoms with Crippen molar-refractivity contribution >= 4 is 5.97 Å². The maximum absolute atomic E-state index is 12.2. The highest BCUT2D eigenvalue weighted by atomic mass is 16.5. The Balaban J connectivity index is 2.42. The second-order valence-corrected chi connectivity index (χ2v) is 6.47. The number of esters is 1. The number of benzene rings is 1. The summed E-state index contributed by atoms with van der Waals surface area (Å²) in [5.41, 5.74) is 3.62. The molecule has 0 saturated carbocycles. The van der Waals surface area contributed by atoms with Gasteiger partial charge in [0.15, 0.2) is 0 Å². The molecule has 1 aromatic heterocycles. The van der Waals surface area contributed by atoms with Crippen molar-refractivity contribution in [1.29, 1.82) is 0 Å². The third kappa shape index (κ3) is 3.56. The van der Waals surface area contributed by atoms with Gasteiger partial charge in [-0.05, 0) is 31.0 Å². The quantitative estimate of drug-likeness (QED) is 0.808. The van der Waals surface area contributed by atoms with E-state index in [1.54, 1.807) is 4.68 Å². The van der Waals surface area contributed by atoms with Crippen LogP contribution in [0.25, 0.3) is 0 Å². The molecular weight excluding hydrogens is 276 g/mol. The van der Waals surface area contributed by atoms with Crippen molar-refractivity contribution in [2.75, 3.05) is 6.61 Å².